The highest BCUT2D eigenvalue weighted by Crippen LogP contribution is 2.42. The molecule has 1 unspecified atom stereocenters. The molecular formula is C11H9FN2O2S. The predicted molar refractivity (Wildman–Crippen MR) is 60.1 cm³/mol. The summed E-state index contributed by atoms with van der Waals surface area (Å²) in [6, 6.07) is 4.09. The molecule has 0 radical (unpaired) electrons. The van der Waals surface area contributed by atoms with Crippen molar-refractivity contribution in [2.24, 2.45) is 0 Å². The maximum absolute atomic E-state index is 13.7. The van der Waals surface area contributed by atoms with Gasteiger partial charge in [-0.1, -0.05) is 12.1 Å². The third-order valence-corrected chi connectivity index (χ3v) is 4.20. The van der Waals surface area contributed by atoms with Crippen LogP contribution in [0, 0.1) is 5.82 Å². The Balaban J connectivity index is 2.20. The molecule has 0 aromatic heterocycles. The van der Waals surface area contributed by atoms with Gasteiger partial charge in [-0.25, -0.2) is 9.18 Å². The molecule has 17 heavy (non-hydrogen) atoms. The molecule has 0 saturated carbocycles. The Hall–Kier alpha value is -1.56. The number of urea groups is 1. The highest BCUT2D eigenvalue weighted by molar-refractivity contribution is 7.99. The van der Waals surface area contributed by atoms with Crippen LogP contribution in [0.15, 0.2) is 23.1 Å². The van der Waals surface area contributed by atoms with Crippen LogP contribution in [0.25, 0.3) is 0 Å². The third-order valence-electron chi connectivity index (χ3n) is 3.09. The first-order chi connectivity index (χ1) is 8.13. The van der Waals surface area contributed by atoms with Gasteiger partial charge in [0.05, 0.1) is 0 Å². The van der Waals surface area contributed by atoms with Gasteiger partial charge in [0.15, 0.2) is 0 Å². The Morgan fingerprint density at radius 3 is 2.88 bits per heavy atom. The van der Waals surface area contributed by atoms with Crippen molar-refractivity contribution in [2.45, 2.75) is 16.9 Å². The van der Waals surface area contributed by atoms with Gasteiger partial charge in [0.1, 0.15) is 11.4 Å². The number of nitrogens with one attached hydrogen (secondary N) is 2. The minimum atomic E-state index is -1.08. The molecule has 2 N–H and O–H groups in total. The predicted octanol–water partition coefficient (Wildman–Crippen LogP) is 1.36. The quantitative estimate of drug-likeness (QED) is 0.685. The number of rotatable bonds is 0. The normalized spacial score (nSPS) is 26.6. The number of benzene rings is 1. The summed E-state index contributed by atoms with van der Waals surface area (Å²) < 4.78 is 13.7. The molecule has 4 nitrogen and oxygen atoms in total. The van der Waals surface area contributed by atoms with E-state index in [1.165, 1.54) is 17.8 Å². The van der Waals surface area contributed by atoms with Gasteiger partial charge >= 0.3 is 6.03 Å². The van der Waals surface area contributed by atoms with Gasteiger partial charge in [-0.15, -0.1) is 11.8 Å². The van der Waals surface area contributed by atoms with Crippen molar-refractivity contribution in [3.8, 4) is 0 Å². The SMILES string of the molecule is O=C1NC(=O)C2(CCSc3c(F)cccc32)N1. The smallest absolute Gasteiger partial charge is 0.319 e. The summed E-state index contributed by atoms with van der Waals surface area (Å²) in [5.74, 6) is -0.142. The summed E-state index contributed by atoms with van der Waals surface area (Å²) in [5.41, 5.74) is -0.531. The molecule has 1 aromatic carbocycles. The van der Waals surface area contributed by atoms with Crippen molar-refractivity contribution in [1.82, 2.24) is 10.6 Å². The second kappa shape index (κ2) is 3.46. The number of carbonyl (C=O) groups is 2. The van der Waals surface area contributed by atoms with Gasteiger partial charge in [0.25, 0.3) is 5.91 Å². The summed E-state index contributed by atoms with van der Waals surface area (Å²) in [7, 11) is 0. The number of thioether (sulfide) groups is 1. The van der Waals surface area contributed by atoms with E-state index in [9.17, 15) is 14.0 Å². The summed E-state index contributed by atoms with van der Waals surface area (Å²) >= 11 is 1.37. The monoisotopic (exact) mass is 252 g/mol. The molecule has 1 spiro atoms. The molecule has 1 atom stereocenters. The highest BCUT2D eigenvalue weighted by Gasteiger charge is 2.50. The van der Waals surface area contributed by atoms with Gasteiger partial charge < -0.3 is 5.32 Å². The Morgan fingerprint density at radius 1 is 1.35 bits per heavy atom. The number of amides is 3. The molecule has 0 aliphatic carbocycles. The first-order valence-electron chi connectivity index (χ1n) is 5.19. The standard InChI is InChI=1S/C11H9FN2O2S/c12-7-3-1-2-6-8(7)17-5-4-11(6)9(15)13-10(16)14-11/h1-3H,4-5H2,(H2,13,14,15,16). The zero-order valence-electron chi connectivity index (χ0n) is 8.75. The van der Waals surface area contributed by atoms with Crippen molar-refractivity contribution in [3.05, 3.63) is 29.6 Å². The first kappa shape index (κ1) is 10.6. The zero-order valence-corrected chi connectivity index (χ0v) is 9.57. The second-order valence-electron chi connectivity index (χ2n) is 4.03. The topological polar surface area (TPSA) is 58.2 Å². The van der Waals surface area contributed by atoms with Crippen LogP contribution in [0.3, 0.4) is 0 Å². The number of hydrogen-bond donors (Lipinski definition) is 2. The van der Waals surface area contributed by atoms with Crippen molar-refractivity contribution < 1.29 is 14.0 Å². The van der Waals surface area contributed by atoms with E-state index in [2.05, 4.69) is 10.6 Å². The fraction of sp³-hybridized carbons (Fsp3) is 0.273. The summed E-state index contributed by atoms with van der Waals surface area (Å²) in [4.78, 5) is 23.6. The number of carbonyl (C=O) groups excluding carboxylic acids is 2. The van der Waals surface area contributed by atoms with Crippen molar-refractivity contribution in [2.75, 3.05) is 5.75 Å². The van der Waals surface area contributed by atoms with Gasteiger partial charge in [-0.3, -0.25) is 10.1 Å². The molecule has 2 heterocycles. The molecule has 2 aliphatic rings. The maximum Gasteiger partial charge on any atom is 0.322 e. The molecule has 1 saturated heterocycles. The second-order valence-corrected chi connectivity index (χ2v) is 5.13. The molecule has 1 fully saturated rings. The van der Waals surface area contributed by atoms with Gasteiger partial charge in [-0.05, 0) is 12.5 Å². The molecule has 6 heteroatoms. The fourth-order valence-electron chi connectivity index (χ4n) is 2.29. The Labute approximate surface area is 101 Å². The minimum Gasteiger partial charge on any atom is -0.319 e. The average molecular weight is 252 g/mol. The van der Waals surface area contributed by atoms with Crippen LogP contribution in [0.1, 0.15) is 12.0 Å². The highest BCUT2D eigenvalue weighted by atomic mass is 32.2. The van der Waals surface area contributed by atoms with Crippen LogP contribution in [-0.4, -0.2) is 17.7 Å². The average Bonchev–Trinajstić information content (AvgIpc) is 2.56. The summed E-state index contributed by atoms with van der Waals surface area (Å²) in [6.45, 7) is 0. The number of fused-ring (bicyclic) bond motifs is 2. The van der Waals surface area contributed by atoms with E-state index in [1.54, 1.807) is 12.1 Å². The van der Waals surface area contributed by atoms with Crippen molar-refractivity contribution in [3.63, 3.8) is 0 Å². The summed E-state index contributed by atoms with van der Waals surface area (Å²) in [6.07, 6.45) is 0.478. The summed E-state index contributed by atoms with van der Waals surface area (Å²) in [5, 5.41) is 4.84. The Bertz CT molecular complexity index is 534. The van der Waals surface area contributed by atoms with E-state index in [4.69, 9.17) is 0 Å². The van der Waals surface area contributed by atoms with E-state index in [0.717, 1.165) is 0 Å². The maximum atomic E-state index is 13.7. The largest absolute Gasteiger partial charge is 0.322 e. The molecule has 1 aromatic rings. The molecule has 2 aliphatic heterocycles. The van der Waals surface area contributed by atoms with E-state index in [0.29, 0.717) is 22.6 Å². The lowest BCUT2D eigenvalue weighted by Gasteiger charge is -2.32. The minimum absolute atomic E-state index is 0.347. The number of imide groups is 1. The lowest BCUT2D eigenvalue weighted by Crippen LogP contribution is -2.46. The van der Waals surface area contributed by atoms with E-state index < -0.39 is 17.5 Å². The Morgan fingerprint density at radius 2 is 2.18 bits per heavy atom. The molecule has 0 bridgehead atoms. The van der Waals surface area contributed by atoms with Gasteiger partial charge in [-0.2, -0.15) is 0 Å². The third kappa shape index (κ3) is 1.37. The molecule has 3 rings (SSSR count). The van der Waals surface area contributed by atoms with Crippen LogP contribution in [0.4, 0.5) is 9.18 Å². The first-order valence-corrected chi connectivity index (χ1v) is 6.17. The molecule has 88 valence electrons. The lowest BCUT2D eigenvalue weighted by atomic mass is 9.87. The molecular weight excluding hydrogens is 243 g/mol. The van der Waals surface area contributed by atoms with Gasteiger partial charge in [0.2, 0.25) is 0 Å². The zero-order chi connectivity index (χ0) is 12.0. The number of halogens is 1. The van der Waals surface area contributed by atoms with Crippen molar-refractivity contribution in [1.29, 1.82) is 0 Å². The van der Waals surface area contributed by atoms with Crippen LogP contribution < -0.4 is 10.6 Å². The van der Waals surface area contributed by atoms with E-state index in [1.807, 2.05) is 0 Å². The molecule has 3 amide bonds. The Kier molecular flexibility index (Phi) is 2.16. The van der Waals surface area contributed by atoms with Crippen molar-refractivity contribution >= 4 is 23.7 Å². The van der Waals surface area contributed by atoms with Crippen LogP contribution in [0.2, 0.25) is 0 Å². The van der Waals surface area contributed by atoms with Crippen LogP contribution in [-0.2, 0) is 10.3 Å². The van der Waals surface area contributed by atoms with E-state index in [-0.39, 0.29) is 5.82 Å². The van der Waals surface area contributed by atoms with Crippen LogP contribution in [0.5, 0.6) is 0 Å². The van der Waals surface area contributed by atoms with Crippen LogP contribution >= 0.6 is 11.8 Å². The fourth-order valence-corrected chi connectivity index (χ4v) is 3.51. The number of hydrogen-bond acceptors (Lipinski definition) is 3. The lowest BCUT2D eigenvalue weighted by molar-refractivity contribution is -0.124. The van der Waals surface area contributed by atoms with Gasteiger partial charge in [0, 0.05) is 16.2 Å². The van der Waals surface area contributed by atoms with E-state index >= 15 is 0 Å².